The molecule has 2 nitrogen and oxygen atoms in total. The molecule has 0 heterocycles. The fourth-order valence-electron chi connectivity index (χ4n) is 1.17. The van der Waals surface area contributed by atoms with Gasteiger partial charge in [-0.15, -0.1) is 0 Å². The first-order valence-corrected chi connectivity index (χ1v) is 4.47. The first-order valence-electron chi connectivity index (χ1n) is 4.10. The van der Waals surface area contributed by atoms with E-state index in [2.05, 4.69) is 0 Å². The van der Waals surface area contributed by atoms with Gasteiger partial charge in [-0.25, -0.2) is 13.6 Å². The molecule has 0 bridgehead atoms. The molecule has 0 fully saturated rings. The van der Waals surface area contributed by atoms with Gasteiger partial charge < -0.3 is 5.11 Å². The number of rotatable bonds is 2. The second kappa shape index (κ2) is 4.48. The van der Waals surface area contributed by atoms with Crippen molar-refractivity contribution >= 4 is 17.6 Å². The second-order valence-corrected chi connectivity index (χ2v) is 3.49. The molecule has 0 amide bonds. The van der Waals surface area contributed by atoms with Crippen LogP contribution in [0, 0.1) is 11.6 Å². The number of halogens is 6. The maximum atomic E-state index is 13.1. The Labute approximate surface area is 96.6 Å². The monoisotopic (exact) mass is 274 g/mol. The SMILES string of the molecule is O=C(O)c1cc(F)c(F)c(CC(F)(F)F)c1Cl. The van der Waals surface area contributed by atoms with Gasteiger partial charge >= 0.3 is 12.1 Å². The maximum Gasteiger partial charge on any atom is 0.393 e. The molecule has 1 rings (SSSR count). The Morgan fingerprint density at radius 2 is 1.88 bits per heavy atom. The molecule has 8 heteroatoms. The van der Waals surface area contributed by atoms with Crippen molar-refractivity contribution in [3.8, 4) is 0 Å². The van der Waals surface area contributed by atoms with Crippen LogP contribution in [0.2, 0.25) is 5.02 Å². The van der Waals surface area contributed by atoms with Crippen LogP contribution < -0.4 is 0 Å². The fraction of sp³-hybridized carbons (Fsp3) is 0.222. The van der Waals surface area contributed by atoms with Gasteiger partial charge in [0.1, 0.15) is 0 Å². The van der Waals surface area contributed by atoms with E-state index in [1.165, 1.54) is 0 Å². The zero-order valence-electron chi connectivity index (χ0n) is 7.91. The number of hydrogen-bond acceptors (Lipinski definition) is 1. The number of carboxylic acid groups (broad SMARTS) is 1. The summed E-state index contributed by atoms with van der Waals surface area (Å²) < 4.78 is 62.2. The highest BCUT2D eigenvalue weighted by Gasteiger charge is 2.33. The summed E-state index contributed by atoms with van der Waals surface area (Å²) in [6.07, 6.45) is -6.66. The number of benzene rings is 1. The van der Waals surface area contributed by atoms with Crippen LogP contribution in [0.1, 0.15) is 15.9 Å². The highest BCUT2D eigenvalue weighted by atomic mass is 35.5. The van der Waals surface area contributed by atoms with Gasteiger partial charge in [-0.1, -0.05) is 11.6 Å². The van der Waals surface area contributed by atoms with Crippen LogP contribution in [0.3, 0.4) is 0 Å². The first kappa shape index (κ1) is 13.7. The third-order valence-electron chi connectivity index (χ3n) is 1.85. The minimum absolute atomic E-state index is 0.236. The fourth-order valence-corrected chi connectivity index (χ4v) is 1.45. The van der Waals surface area contributed by atoms with Gasteiger partial charge in [0.05, 0.1) is 17.0 Å². The Bertz CT molecular complexity index is 469. The summed E-state index contributed by atoms with van der Waals surface area (Å²) in [5.74, 6) is -5.22. The molecule has 0 unspecified atom stereocenters. The van der Waals surface area contributed by atoms with Crippen LogP contribution in [0.4, 0.5) is 22.0 Å². The summed E-state index contributed by atoms with van der Waals surface area (Å²) in [6.45, 7) is 0. The number of carboxylic acids is 1. The third kappa shape index (κ3) is 3.06. The molecule has 0 spiro atoms. The lowest BCUT2D eigenvalue weighted by molar-refractivity contribution is -0.127. The summed E-state index contributed by atoms with van der Waals surface area (Å²) in [7, 11) is 0. The van der Waals surface area contributed by atoms with Crippen molar-refractivity contribution in [1.29, 1.82) is 0 Å². The van der Waals surface area contributed by atoms with Crippen LogP contribution in [0.15, 0.2) is 6.07 Å². The Kier molecular flexibility index (Phi) is 3.61. The van der Waals surface area contributed by atoms with E-state index in [0.29, 0.717) is 0 Å². The van der Waals surface area contributed by atoms with Crippen molar-refractivity contribution in [1.82, 2.24) is 0 Å². The molecule has 0 aliphatic rings. The Morgan fingerprint density at radius 1 is 1.35 bits per heavy atom. The highest BCUT2D eigenvalue weighted by molar-refractivity contribution is 6.34. The molecule has 0 aliphatic heterocycles. The Balaban J connectivity index is 3.42. The molecule has 0 aromatic heterocycles. The van der Waals surface area contributed by atoms with Crippen molar-refractivity contribution in [2.24, 2.45) is 0 Å². The summed E-state index contributed by atoms with van der Waals surface area (Å²) in [5, 5.41) is 7.60. The van der Waals surface area contributed by atoms with Crippen LogP contribution in [0.25, 0.3) is 0 Å². The van der Waals surface area contributed by atoms with E-state index in [1.54, 1.807) is 0 Å². The van der Waals surface area contributed by atoms with Crippen molar-refractivity contribution in [3.05, 3.63) is 33.9 Å². The standard InChI is InChI=1S/C9H4ClF5O2/c10-6-3(8(16)17)1-5(11)7(12)4(6)2-9(13,14)15/h1H,2H2,(H,16,17). The maximum absolute atomic E-state index is 13.1. The molecular formula is C9H4ClF5O2. The quantitative estimate of drug-likeness (QED) is 0.663. The van der Waals surface area contributed by atoms with Crippen molar-refractivity contribution < 1.29 is 31.9 Å². The molecule has 0 saturated heterocycles. The summed E-state index contributed by atoms with van der Waals surface area (Å²) in [6, 6.07) is 0.236. The third-order valence-corrected chi connectivity index (χ3v) is 2.29. The lowest BCUT2D eigenvalue weighted by Gasteiger charge is -2.11. The van der Waals surface area contributed by atoms with E-state index in [9.17, 15) is 26.7 Å². The molecule has 1 aromatic carbocycles. The highest BCUT2D eigenvalue weighted by Crippen LogP contribution is 2.31. The molecular weight excluding hydrogens is 271 g/mol. The van der Waals surface area contributed by atoms with Crippen LogP contribution in [-0.2, 0) is 6.42 Å². The largest absolute Gasteiger partial charge is 0.478 e. The second-order valence-electron chi connectivity index (χ2n) is 3.11. The van der Waals surface area contributed by atoms with E-state index < -0.39 is 46.4 Å². The zero-order chi connectivity index (χ0) is 13.4. The Hall–Kier alpha value is -1.37. The zero-order valence-corrected chi connectivity index (χ0v) is 8.66. The van der Waals surface area contributed by atoms with E-state index >= 15 is 0 Å². The topological polar surface area (TPSA) is 37.3 Å². The van der Waals surface area contributed by atoms with Gasteiger partial charge in [-0.3, -0.25) is 0 Å². The molecule has 0 aliphatic carbocycles. The summed E-state index contributed by atoms with van der Waals surface area (Å²) >= 11 is 5.30. The average Bonchev–Trinajstić information content (AvgIpc) is 2.16. The van der Waals surface area contributed by atoms with Crippen molar-refractivity contribution in [3.63, 3.8) is 0 Å². The van der Waals surface area contributed by atoms with Crippen molar-refractivity contribution in [2.75, 3.05) is 0 Å². The van der Waals surface area contributed by atoms with E-state index in [4.69, 9.17) is 16.7 Å². The van der Waals surface area contributed by atoms with E-state index in [0.717, 1.165) is 0 Å². The number of alkyl halides is 3. The lowest BCUT2D eigenvalue weighted by Crippen LogP contribution is -2.15. The van der Waals surface area contributed by atoms with Crippen molar-refractivity contribution in [2.45, 2.75) is 12.6 Å². The van der Waals surface area contributed by atoms with E-state index in [1.807, 2.05) is 0 Å². The lowest BCUT2D eigenvalue weighted by atomic mass is 10.1. The van der Waals surface area contributed by atoms with Crippen LogP contribution >= 0.6 is 11.6 Å². The predicted molar refractivity (Wildman–Crippen MR) is 48.1 cm³/mol. The minimum Gasteiger partial charge on any atom is -0.478 e. The molecule has 17 heavy (non-hydrogen) atoms. The smallest absolute Gasteiger partial charge is 0.393 e. The predicted octanol–water partition coefficient (Wildman–Crippen LogP) is 3.42. The number of hydrogen-bond donors (Lipinski definition) is 1. The number of aromatic carboxylic acids is 1. The van der Waals surface area contributed by atoms with E-state index in [-0.39, 0.29) is 6.07 Å². The molecule has 94 valence electrons. The normalized spacial score (nSPS) is 11.6. The minimum atomic E-state index is -4.83. The Morgan fingerprint density at radius 3 is 2.29 bits per heavy atom. The summed E-state index contributed by atoms with van der Waals surface area (Å²) in [4.78, 5) is 10.5. The van der Waals surface area contributed by atoms with Gasteiger partial charge in [0, 0.05) is 5.56 Å². The van der Waals surface area contributed by atoms with Gasteiger partial charge in [0.25, 0.3) is 0 Å². The molecule has 0 atom stereocenters. The van der Waals surface area contributed by atoms with Gasteiger partial charge in [-0.2, -0.15) is 13.2 Å². The number of carbonyl (C=O) groups is 1. The first-order chi connectivity index (χ1) is 7.63. The summed E-state index contributed by atoms with van der Waals surface area (Å²) in [5.41, 5.74) is -2.12. The van der Waals surface area contributed by atoms with Gasteiger partial charge in [-0.05, 0) is 6.07 Å². The molecule has 1 N–H and O–H groups in total. The van der Waals surface area contributed by atoms with Gasteiger partial charge in [0.15, 0.2) is 11.6 Å². The van der Waals surface area contributed by atoms with Gasteiger partial charge in [0.2, 0.25) is 0 Å². The molecule has 0 radical (unpaired) electrons. The average molecular weight is 275 g/mol. The molecule has 1 aromatic rings. The molecule has 0 saturated carbocycles. The van der Waals surface area contributed by atoms with Crippen LogP contribution in [0.5, 0.6) is 0 Å². The van der Waals surface area contributed by atoms with Crippen LogP contribution in [-0.4, -0.2) is 17.3 Å².